The summed E-state index contributed by atoms with van der Waals surface area (Å²) in [6.07, 6.45) is 3.60. The van der Waals surface area contributed by atoms with Crippen LogP contribution in [0.1, 0.15) is 64.1 Å². The lowest BCUT2D eigenvalue weighted by molar-refractivity contribution is 0.102. The minimum Gasteiger partial charge on any atom is -0.322 e. The minimum atomic E-state index is -0.0451. The zero-order valence-corrected chi connectivity index (χ0v) is 18.1. The minimum absolute atomic E-state index is 0.0451. The number of anilines is 1. The molecule has 0 radical (unpaired) electrons. The predicted octanol–water partition coefficient (Wildman–Crippen LogP) is 6.02. The van der Waals surface area contributed by atoms with Crippen molar-refractivity contribution in [2.45, 2.75) is 37.0 Å². The monoisotopic (exact) mass is 410 g/mol. The fourth-order valence-electron chi connectivity index (χ4n) is 4.90. The molecule has 2 unspecified atom stereocenters. The standard InChI is InChI=1S/C28H30N2O/c1-30-17-15-21(16-18-30)20-7-9-24(10-8-20)28(31)29-25-13-11-23(12-14-25)27-19-26(27)22-5-3-2-4-6-22/h2-14,21,26-27H,15-19H2,1H3,(H,29,31). The van der Waals surface area contributed by atoms with Gasteiger partial charge in [0.1, 0.15) is 0 Å². The molecular weight excluding hydrogens is 380 g/mol. The summed E-state index contributed by atoms with van der Waals surface area (Å²) in [4.78, 5) is 15.1. The van der Waals surface area contributed by atoms with Gasteiger partial charge in [-0.1, -0.05) is 54.6 Å². The molecule has 5 rings (SSSR count). The summed E-state index contributed by atoms with van der Waals surface area (Å²) >= 11 is 0. The van der Waals surface area contributed by atoms with Crippen LogP contribution in [-0.2, 0) is 0 Å². The van der Waals surface area contributed by atoms with E-state index in [2.05, 4.69) is 71.9 Å². The van der Waals surface area contributed by atoms with Gasteiger partial charge in [-0.3, -0.25) is 4.79 Å². The smallest absolute Gasteiger partial charge is 0.255 e. The highest BCUT2D eigenvalue weighted by Gasteiger charge is 2.39. The zero-order valence-electron chi connectivity index (χ0n) is 18.1. The third kappa shape index (κ3) is 4.57. The Bertz CT molecular complexity index is 1020. The highest BCUT2D eigenvalue weighted by Crippen LogP contribution is 2.54. The van der Waals surface area contributed by atoms with Crippen molar-refractivity contribution >= 4 is 11.6 Å². The first-order chi connectivity index (χ1) is 15.2. The SMILES string of the molecule is CN1CCC(c2ccc(C(=O)Nc3ccc(C4CC4c4ccccc4)cc3)cc2)CC1. The second-order valence-electron chi connectivity index (χ2n) is 9.14. The Morgan fingerprint density at radius 1 is 0.774 bits per heavy atom. The maximum atomic E-state index is 12.7. The van der Waals surface area contributed by atoms with Crippen LogP contribution in [-0.4, -0.2) is 30.9 Å². The number of nitrogens with one attached hydrogen (secondary N) is 1. The van der Waals surface area contributed by atoms with E-state index >= 15 is 0 Å². The van der Waals surface area contributed by atoms with E-state index in [1.807, 2.05) is 24.3 Å². The molecule has 1 heterocycles. The van der Waals surface area contributed by atoms with Crippen molar-refractivity contribution in [1.82, 2.24) is 4.90 Å². The number of carbonyl (C=O) groups is 1. The first-order valence-corrected chi connectivity index (χ1v) is 11.4. The Balaban J connectivity index is 1.18. The van der Waals surface area contributed by atoms with E-state index in [1.54, 1.807) is 0 Å². The molecule has 158 valence electrons. The largest absolute Gasteiger partial charge is 0.322 e. The molecule has 1 aliphatic carbocycles. The van der Waals surface area contributed by atoms with E-state index in [0.717, 1.165) is 18.8 Å². The lowest BCUT2D eigenvalue weighted by atomic mass is 9.89. The summed E-state index contributed by atoms with van der Waals surface area (Å²) < 4.78 is 0. The molecule has 3 nitrogen and oxygen atoms in total. The Kier molecular flexibility index (Phi) is 5.61. The maximum absolute atomic E-state index is 12.7. The average Bonchev–Trinajstić information content (AvgIpc) is 3.62. The Morgan fingerprint density at radius 3 is 2.00 bits per heavy atom. The fourth-order valence-corrected chi connectivity index (χ4v) is 4.90. The number of hydrogen-bond acceptors (Lipinski definition) is 2. The van der Waals surface area contributed by atoms with Crippen LogP contribution in [0.15, 0.2) is 78.9 Å². The molecule has 31 heavy (non-hydrogen) atoms. The van der Waals surface area contributed by atoms with Crippen LogP contribution in [0.25, 0.3) is 0 Å². The molecule has 1 aliphatic heterocycles. The van der Waals surface area contributed by atoms with Crippen molar-refractivity contribution in [1.29, 1.82) is 0 Å². The van der Waals surface area contributed by atoms with Crippen LogP contribution in [0.3, 0.4) is 0 Å². The van der Waals surface area contributed by atoms with Crippen molar-refractivity contribution in [2.24, 2.45) is 0 Å². The molecule has 3 heteroatoms. The first kappa shape index (κ1) is 20.0. The zero-order chi connectivity index (χ0) is 21.2. The molecule has 2 atom stereocenters. The van der Waals surface area contributed by atoms with Gasteiger partial charge in [0.25, 0.3) is 5.91 Å². The van der Waals surface area contributed by atoms with Crippen LogP contribution in [0.5, 0.6) is 0 Å². The fraction of sp³-hybridized carbons (Fsp3) is 0.321. The summed E-state index contributed by atoms with van der Waals surface area (Å²) in [5.74, 6) is 1.79. The predicted molar refractivity (Wildman–Crippen MR) is 127 cm³/mol. The van der Waals surface area contributed by atoms with Crippen molar-refractivity contribution in [3.05, 3.63) is 101 Å². The van der Waals surface area contributed by atoms with Crippen LogP contribution in [0, 0.1) is 0 Å². The van der Waals surface area contributed by atoms with E-state index in [1.165, 1.54) is 36.0 Å². The topological polar surface area (TPSA) is 32.3 Å². The van der Waals surface area contributed by atoms with Gasteiger partial charge in [0.05, 0.1) is 0 Å². The molecule has 3 aromatic rings. The van der Waals surface area contributed by atoms with Gasteiger partial charge in [-0.25, -0.2) is 0 Å². The summed E-state index contributed by atoms with van der Waals surface area (Å²) in [5, 5.41) is 3.05. The van der Waals surface area contributed by atoms with Gasteiger partial charge < -0.3 is 10.2 Å². The van der Waals surface area contributed by atoms with E-state index in [-0.39, 0.29) is 5.91 Å². The number of rotatable bonds is 5. The highest BCUT2D eigenvalue weighted by molar-refractivity contribution is 6.04. The summed E-state index contributed by atoms with van der Waals surface area (Å²) in [6, 6.07) is 27.3. The van der Waals surface area contributed by atoms with Crippen LogP contribution < -0.4 is 5.32 Å². The molecule has 3 aromatic carbocycles. The van der Waals surface area contributed by atoms with E-state index in [0.29, 0.717) is 23.3 Å². The molecule has 0 bridgehead atoms. The summed E-state index contributed by atoms with van der Waals surface area (Å²) in [5.41, 5.74) is 5.70. The van der Waals surface area contributed by atoms with Crippen molar-refractivity contribution < 1.29 is 4.79 Å². The van der Waals surface area contributed by atoms with Crippen molar-refractivity contribution in [3.63, 3.8) is 0 Å². The normalized spacial score (nSPS) is 21.6. The molecule has 0 aromatic heterocycles. The molecule has 1 N–H and O–H groups in total. The summed E-state index contributed by atoms with van der Waals surface area (Å²) in [6.45, 7) is 2.30. The lowest BCUT2D eigenvalue weighted by Crippen LogP contribution is -2.29. The van der Waals surface area contributed by atoms with Crippen molar-refractivity contribution in [3.8, 4) is 0 Å². The number of amides is 1. The number of hydrogen-bond donors (Lipinski definition) is 1. The first-order valence-electron chi connectivity index (χ1n) is 11.4. The van der Waals surface area contributed by atoms with Gasteiger partial charge in [-0.05, 0) is 98.1 Å². The van der Waals surface area contributed by atoms with E-state index < -0.39 is 0 Å². The van der Waals surface area contributed by atoms with Gasteiger partial charge in [0.15, 0.2) is 0 Å². The molecular formula is C28H30N2O. The number of piperidine rings is 1. The van der Waals surface area contributed by atoms with Crippen LogP contribution in [0.4, 0.5) is 5.69 Å². The van der Waals surface area contributed by atoms with Crippen LogP contribution in [0.2, 0.25) is 0 Å². The number of carbonyl (C=O) groups excluding carboxylic acids is 1. The second kappa shape index (κ2) is 8.68. The Labute approximate surface area is 185 Å². The van der Waals surface area contributed by atoms with Crippen LogP contribution >= 0.6 is 0 Å². The third-order valence-electron chi connectivity index (χ3n) is 6.98. The third-order valence-corrected chi connectivity index (χ3v) is 6.98. The average molecular weight is 411 g/mol. The Hall–Kier alpha value is -2.91. The highest BCUT2D eigenvalue weighted by atomic mass is 16.1. The summed E-state index contributed by atoms with van der Waals surface area (Å²) in [7, 11) is 2.18. The molecule has 2 fully saturated rings. The van der Waals surface area contributed by atoms with Crippen molar-refractivity contribution in [2.75, 3.05) is 25.5 Å². The number of likely N-dealkylation sites (tertiary alicyclic amines) is 1. The van der Waals surface area contributed by atoms with Gasteiger partial charge in [-0.15, -0.1) is 0 Å². The Morgan fingerprint density at radius 2 is 1.35 bits per heavy atom. The molecule has 2 aliphatic rings. The lowest BCUT2D eigenvalue weighted by Gasteiger charge is -2.29. The maximum Gasteiger partial charge on any atom is 0.255 e. The van der Waals surface area contributed by atoms with Gasteiger partial charge in [-0.2, -0.15) is 0 Å². The van der Waals surface area contributed by atoms with Gasteiger partial charge in [0.2, 0.25) is 0 Å². The molecule has 0 spiro atoms. The number of benzene rings is 3. The van der Waals surface area contributed by atoms with Gasteiger partial charge in [0, 0.05) is 11.3 Å². The quantitative estimate of drug-likeness (QED) is 0.558. The van der Waals surface area contributed by atoms with E-state index in [9.17, 15) is 4.79 Å². The molecule has 1 saturated heterocycles. The molecule has 1 amide bonds. The number of nitrogens with zero attached hydrogens (tertiary/aromatic N) is 1. The second-order valence-corrected chi connectivity index (χ2v) is 9.14. The van der Waals surface area contributed by atoms with Gasteiger partial charge >= 0.3 is 0 Å². The van der Waals surface area contributed by atoms with E-state index in [4.69, 9.17) is 0 Å². The molecule has 1 saturated carbocycles.